The second kappa shape index (κ2) is 9.21. The molecule has 4 heteroatoms. The molecule has 0 amide bonds. The van der Waals surface area contributed by atoms with Gasteiger partial charge in [-0.05, 0) is 33.2 Å². The van der Waals surface area contributed by atoms with Gasteiger partial charge >= 0.3 is 0 Å². The number of aryl methyl sites for hydroxylation is 1. The predicted molar refractivity (Wildman–Crippen MR) is 90.7 cm³/mol. The zero-order valence-electron chi connectivity index (χ0n) is 14.8. The number of hydrogen-bond donors (Lipinski definition) is 0. The van der Waals surface area contributed by atoms with Gasteiger partial charge in [0.1, 0.15) is 0 Å². The molecule has 1 aromatic heterocycles. The number of rotatable bonds is 4. The Morgan fingerprint density at radius 2 is 1.62 bits per heavy atom. The largest absolute Gasteiger partial charge is 0.335 e. The van der Waals surface area contributed by atoms with E-state index in [1.54, 1.807) is 0 Å². The van der Waals surface area contributed by atoms with Crippen molar-refractivity contribution >= 4 is 0 Å². The molecule has 0 bridgehead atoms. The fourth-order valence-corrected chi connectivity index (χ4v) is 2.53. The molecule has 0 N–H and O–H groups in total. The normalized spacial score (nSPS) is 17.1. The van der Waals surface area contributed by atoms with Crippen LogP contribution in [0, 0.1) is 12.8 Å². The van der Waals surface area contributed by atoms with Crippen LogP contribution >= 0.6 is 0 Å². The minimum atomic E-state index is 0.534. The highest BCUT2D eigenvalue weighted by atomic mass is 15.3. The van der Waals surface area contributed by atoms with Crippen molar-refractivity contribution in [3.8, 4) is 0 Å². The van der Waals surface area contributed by atoms with E-state index < -0.39 is 0 Å². The molecule has 1 aromatic rings. The molecule has 0 saturated carbocycles. The Morgan fingerprint density at radius 3 is 1.95 bits per heavy atom. The fourth-order valence-electron chi connectivity index (χ4n) is 2.53. The topological polar surface area (TPSA) is 24.3 Å². The van der Waals surface area contributed by atoms with Gasteiger partial charge in [0.15, 0.2) is 0 Å². The van der Waals surface area contributed by atoms with Crippen molar-refractivity contribution in [3.05, 3.63) is 18.2 Å². The van der Waals surface area contributed by atoms with Crippen LogP contribution in [0.4, 0.5) is 0 Å². The van der Waals surface area contributed by atoms with Crippen molar-refractivity contribution in [2.45, 2.75) is 47.6 Å². The Hall–Kier alpha value is -0.870. The molecule has 0 spiro atoms. The first-order valence-electron chi connectivity index (χ1n) is 8.37. The molecule has 0 aromatic carbocycles. The zero-order chi connectivity index (χ0) is 15.8. The smallest absolute Gasteiger partial charge is 0.0951 e. The lowest BCUT2D eigenvalue weighted by atomic mass is 10.2. The molecule has 2 heterocycles. The standard InChI is InChI=1S/C10H22N2.C7H12N2/c1-4-11-5-7-12(8-6-11)9-10(2)3;1-6(2)9-4-7(3)8-5-9/h10H,4-9H2,1-3H3;4-6H,1-3H3. The summed E-state index contributed by atoms with van der Waals surface area (Å²) >= 11 is 0. The average molecular weight is 294 g/mol. The van der Waals surface area contributed by atoms with E-state index in [2.05, 4.69) is 54.0 Å². The van der Waals surface area contributed by atoms with Crippen LogP contribution in [-0.4, -0.2) is 58.6 Å². The van der Waals surface area contributed by atoms with Crippen molar-refractivity contribution in [2.75, 3.05) is 39.3 Å². The summed E-state index contributed by atoms with van der Waals surface area (Å²) in [5, 5.41) is 0. The first kappa shape index (κ1) is 18.2. The number of hydrogen-bond acceptors (Lipinski definition) is 3. The molecule has 0 radical (unpaired) electrons. The molecule has 0 atom stereocenters. The number of aromatic nitrogens is 2. The number of likely N-dealkylation sites (N-methyl/N-ethyl adjacent to an activating group) is 1. The van der Waals surface area contributed by atoms with Crippen molar-refractivity contribution in [2.24, 2.45) is 5.92 Å². The average Bonchev–Trinajstić information content (AvgIpc) is 2.87. The van der Waals surface area contributed by atoms with Crippen LogP contribution in [0.1, 0.15) is 46.4 Å². The van der Waals surface area contributed by atoms with Gasteiger partial charge in [-0.3, -0.25) is 0 Å². The Bertz CT molecular complexity index is 376. The molecule has 1 fully saturated rings. The first-order chi connectivity index (χ1) is 9.92. The maximum atomic E-state index is 4.10. The third-order valence-corrected chi connectivity index (χ3v) is 3.86. The molecule has 0 aliphatic carbocycles. The van der Waals surface area contributed by atoms with Crippen molar-refractivity contribution in [1.82, 2.24) is 19.4 Å². The molecule has 122 valence electrons. The molecule has 2 rings (SSSR count). The van der Waals surface area contributed by atoms with Gasteiger partial charge in [0.05, 0.1) is 12.0 Å². The summed E-state index contributed by atoms with van der Waals surface area (Å²) in [5.74, 6) is 0.818. The van der Waals surface area contributed by atoms with Crippen LogP contribution in [0.3, 0.4) is 0 Å². The highest BCUT2D eigenvalue weighted by Gasteiger charge is 2.15. The molecule has 1 saturated heterocycles. The summed E-state index contributed by atoms with van der Waals surface area (Å²) in [4.78, 5) is 9.21. The number of piperazine rings is 1. The first-order valence-corrected chi connectivity index (χ1v) is 8.37. The summed E-state index contributed by atoms with van der Waals surface area (Å²) in [6.45, 7) is 20.7. The summed E-state index contributed by atoms with van der Waals surface area (Å²) < 4.78 is 2.09. The monoisotopic (exact) mass is 294 g/mol. The van der Waals surface area contributed by atoms with Crippen LogP contribution in [-0.2, 0) is 0 Å². The van der Waals surface area contributed by atoms with Gasteiger partial charge < -0.3 is 14.4 Å². The van der Waals surface area contributed by atoms with Gasteiger partial charge in [0.25, 0.3) is 0 Å². The zero-order valence-corrected chi connectivity index (χ0v) is 14.8. The van der Waals surface area contributed by atoms with Crippen LogP contribution in [0.2, 0.25) is 0 Å². The van der Waals surface area contributed by atoms with Crippen LogP contribution in [0.5, 0.6) is 0 Å². The third kappa shape index (κ3) is 7.09. The maximum Gasteiger partial charge on any atom is 0.0951 e. The lowest BCUT2D eigenvalue weighted by Gasteiger charge is -2.34. The summed E-state index contributed by atoms with van der Waals surface area (Å²) in [7, 11) is 0. The Morgan fingerprint density at radius 1 is 1.05 bits per heavy atom. The number of imidazole rings is 1. The summed E-state index contributed by atoms with van der Waals surface area (Å²) in [5.41, 5.74) is 1.09. The molecule has 4 nitrogen and oxygen atoms in total. The second-order valence-corrected chi connectivity index (χ2v) is 6.68. The van der Waals surface area contributed by atoms with Gasteiger partial charge in [-0.2, -0.15) is 0 Å². The Kier molecular flexibility index (Phi) is 7.97. The Balaban J connectivity index is 0.000000219. The Labute approximate surface area is 131 Å². The van der Waals surface area contributed by atoms with E-state index >= 15 is 0 Å². The van der Waals surface area contributed by atoms with Crippen LogP contribution in [0.15, 0.2) is 12.5 Å². The second-order valence-electron chi connectivity index (χ2n) is 6.68. The van der Waals surface area contributed by atoms with Gasteiger partial charge in [0, 0.05) is 45.0 Å². The SMILES string of the molecule is CCN1CCN(CC(C)C)CC1.Cc1cn(C(C)C)cn1. The molecular formula is C17H34N4. The van der Waals surface area contributed by atoms with Crippen molar-refractivity contribution in [1.29, 1.82) is 0 Å². The maximum absolute atomic E-state index is 4.10. The quantitative estimate of drug-likeness (QED) is 0.853. The van der Waals surface area contributed by atoms with E-state index in [1.807, 2.05) is 19.4 Å². The van der Waals surface area contributed by atoms with Gasteiger partial charge in [-0.15, -0.1) is 0 Å². The molecular weight excluding hydrogens is 260 g/mol. The van der Waals surface area contributed by atoms with Crippen LogP contribution < -0.4 is 0 Å². The minimum Gasteiger partial charge on any atom is -0.335 e. The fraction of sp³-hybridized carbons (Fsp3) is 0.824. The summed E-state index contributed by atoms with van der Waals surface area (Å²) in [6.07, 6.45) is 3.91. The van der Waals surface area contributed by atoms with Gasteiger partial charge in [-0.25, -0.2) is 4.98 Å². The van der Waals surface area contributed by atoms with Crippen molar-refractivity contribution in [3.63, 3.8) is 0 Å². The van der Waals surface area contributed by atoms with E-state index in [0.717, 1.165) is 11.6 Å². The van der Waals surface area contributed by atoms with E-state index in [0.29, 0.717) is 6.04 Å². The van der Waals surface area contributed by atoms with Gasteiger partial charge in [-0.1, -0.05) is 20.8 Å². The van der Waals surface area contributed by atoms with Gasteiger partial charge in [0.2, 0.25) is 0 Å². The number of nitrogens with zero attached hydrogens (tertiary/aromatic N) is 4. The highest BCUT2D eigenvalue weighted by Crippen LogP contribution is 2.04. The predicted octanol–water partition coefficient (Wildman–Crippen LogP) is 3.05. The minimum absolute atomic E-state index is 0.534. The molecule has 21 heavy (non-hydrogen) atoms. The lowest BCUT2D eigenvalue weighted by Crippen LogP contribution is -2.47. The lowest BCUT2D eigenvalue weighted by molar-refractivity contribution is 0.127. The molecule has 0 unspecified atom stereocenters. The molecule has 1 aliphatic heterocycles. The van der Waals surface area contributed by atoms with Crippen LogP contribution in [0.25, 0.3) is 0 Å². The highest BCUT2D eigenvalue weighted by molar-refractivity contribution is 4.93. The summed E-state index contributed by atoms with van der Waals surface area (Å²) in [6, 6.07) is 0.534. The van der Waals surface area contributed by atoms with Crippen molar-refractivity contribution < 1.29 is 0 Å². The van der Waals surface area contributed by atoms with E-state index in [1.165, 1.54) is 39.3 Å². The molecule has 1 aliphatic rings. The van der Waals surface area contributed by atoms with E-state index in [-0.39, 0.29) is 0 Å². The van der Waals surface area contributed by atoms with E-state index in [9.17, 15) is 0 Å². The van der Waals surface area contributed by atoms with E-state index in [4.69, 9.17) is 0 Å². The third-order valence-electron chi connectivity index (χ3n) is 3.86.